The number of aromatic nitrogens is 2. The van der Waals surface area contributed by atoms with Crippen LogP contribution in [0.15, 0.2) is 194 Å². The highest BCUT2D eigenvalue weighted by molar-refractivity contribution is 7.26. The van der Waals surface area contributed by atoms with Crippen LogP contribution < -0.4 is 25.5 Å². The highest BCUT2D eigenvalue weighted by Gasteiger charge is 2.41. The lowest BCUT2D eigenvalue weighted by molar-refractivity contribution is 0.280. The number of benzene rings is 8. The average molecular weight is 739 g/mol. The Hall–Kier alpha value is -6.53. The third kappa shape index (κ3) is 5.04. The summed E-state index contributed by atoms with van der Waals surface area (Å²) in [6, 6.07) is 71.6. The van der Waals surface area contributed by atoms with Gasteiger partial charge in [-0.25, -0.2) is 4.98 Å². The predicted octanol–water partition coefficient (Wildman–Crippen LogP) is 10.00. The largest absolute Gasteiger partial charge is 0.483 e. The van der Waals surface area contributed by atoms with E-state index < -0.39 is 8.07 Å². The van der Waals surface area contributed by atoms with Gasteiger partial charge in [0.05, 0.1) is 16.7 Å². The van der Waals surface area contributed by atoms with Crippen LogP contribution in [0.4, 0.5) is 0 Å². The van der Waals surface area contributed by atoms with Crippen LogP contribution in [0.3, 0.4) is 0 Å². The summed E-state index contributed by atoms with van der Waals surface area (Å²) in [5.74, 6) is 1.81. The lowest BCUT2D eigenvalue weighted by Gasteiger charge is -2.35. The van der Waals surface area contributed by atoms with Crippen LogP contribution in [0, 0.1) is 0 Å². The van der Waals surface area contributed by atoms with Crippen molar-refractivity contribution in [1.82, 2.24) is 9.55 Å². The fourth-order valence-electron chi connectivity index (χ4n) is 8.78. The van der Waals surface area contributed by atoms with Gasteiger partial charge in [0.1, 0.15) is 12.4 Å². The minimum absolute atomic E-state index is 0.454. The molecule has 0 N–H and O–H groups in total. The third-order valence-electron chi connectivity index (χ3n) is 11.2. The van der Waals surface area contributed by atoms with Crippen molar-refractivity contribution in [2.24, 2.45) is 0 Å². The van der Waals surface area contributed by atoms with E-state index in [1.807, 2.05) is 23.5 Å². The van der Waals surface area contributed by atoms with Crippen molar-refractivity contribution in [3.05, 3.63) is 200 Å². The van der Waals surface area contributed by atoms with E-state index in [0.29, 0.717) is 6.61 Å². The van der Waals surface area contributed by atoms with E-state index in [1.54, 1.807) is 0 Å². The maximum absolute atomic E-state index is 6.07. The quantitative estimate of drug-likeness (QED) is 0.126. The van der Waals surface area contributed by atoms with Crippen LogP contribution in [0.5, 0.6) is 5.75 Å². The molecule has 3 nitrogen and oxygen atoms in total. The second kappa shape index (κ2) is 12.8. The Bertz CT molecular complexity index is 3020. The number of thiophene rings is 1. The van der Waals surface area contributed by atoms with E-state index in [2.05, 4.69) is 187 Å². The van der Waals surface area contributed by atoms with E-state index in [-0.39, 0.29) is 0 Å². The van der Waals surface area contributed by atoms with Gasteiger partial charge in [-0.15, -0.1) is 11.3 Å². The summed E-state index contributed by atoms with van der Waals surface area (Å²) in [6.45, 7) is 0.454. The second-order valence-corrected chi connectivity index (χ2v) is 19.1. The summed E-state index contributed by atoms with van der Waals surface area (Å²) in [5, 5.41) is 8.04. The summed E-state index contributed by atoms with van der Waals surface area (Å²) < 4.78 is 11.0. The first kappa shape index (κ1) is 31.9. The van der Waals surface area contributed by atoms with Crippen LogP contribution >= 0.6 is 11.3 Å². The Labute approximate surface area is 324 Å². The number of imidazole rings is 1. The maximum Gasteiger partial charge on any atom is 0.179 e. The Morgan fingerprint density at radius 2 is 1.13 bits per heavy atom. The fourth-order valence-corrected chi connectivity index (χ4v) is 14.8. The molecule has 1 aliphatic heterocycles. The molecule has 0 amide bonds. The molecule has 0 radical (unpaired) electrons. The molecule has 260 valence electrons. The SMILES string of the molecule is c1ccc([Si](c2ccccc2)(c2cccc(-c3ccc4c(c3)nc3n4-c4ccccc4OC3)c2)c2cccc(-c3cccc4c3sc3ccccc34)c2)cc1. The van der Waals surface area contributed by atoms with Crippen molar-refractivity contribution in [3.63, 3.8) is 0 Å². The number of ether oxygens (including phenoxy) is 1. The van der Waals surface area contributed by atoms with Crippen LogP contribution in [-0.4, -0.2) is 17.6 Å². The molecule has 0 unspecified atom stereocenters. The molecule has 10 aromatic rings. The van der Waals surface area contributed by atoms with Crippen molar-refractivity contribution in [3.8, 4) is 33.7 Å². The van der Waals surface area contributed by atoms with Gasteiger partial charge in [-0.1, -0.05) is 164 Å². The summed E-state index contributed by atoms with van der Waals surface area (Å²) in [6.07, 6.45) is 0. The normalized spacial score (nSPS) is 12.4. The van der Waals surface area contributed by atoms with Gasteiger partial charge >= 0.3 is 0 Å². The van der Waals surface area contributed by atoms with Crippen molar-refractivity contribution in [2.75, 3.05) is 0 Å². The fraction of sp³-hybridized carbons (Fsp3) is 0.0200. The first-order valence-electron chi connectivity index (χ1n) is 18.7. The number of rotatable bonds is 6. The van der Waals surface area contributed by atoms with Gasteiger partial charge in [-0.2, -0.15) is 0 Å². The lowest BCUT2D eigenvalue weighted by Crippen LogP contribution is -2.74. The Morgan fingerprint density at radius 1 is 0.509 bits per heavy atom. The van der Waals surface area contributed by atoms with Gasteiger partial charge in [-0.05, 0) is 73.3 Å². The summed E-state index contributed by atoms with van der Waals surface area (Å²) >= 11 is 1.89. The van der Waals surface area contributed by atoms with E-state index in [4.69, 9.17) is 9.72 Å². The van der Waals surface area contributed by atoms with E-state index >= 15 is 0 Å². The molecule has 5 heteroatoms. The Balaban J connectivity index is 1.11. The molecule has 3 heterocycles. The number of hydrogen-bond donors (Lipinski definition) is 0. The molecule has 0 spiro atoms. The zero-order chi connectivity index (χ0) is 36.3. The standard InChI is InChI=1S/C50H34N2OSSi/c1-3-16-37(17-4-1)55(38-18-5-2-6-19-38,40-21-12-15-36(31-40)41-23-13-24-43-42-22-7-10-27-48(42)54-50(41)43)39-20-11-14-34(30-39)35-28-29-45-44(32-35)51-49-33-53-47-26-9-8-25-46(47)52(45)49/h1-32H,33H2. The van der Waals surface area contributed by atoms with E-state index in [9.17, 15) is 0 Å². The Morgan fingerprint density at radius 3 is 1.93 bits per heavy atom. The van der Waals surface area contributed by atoms with Gasteiger partial charge < -0.3 is 4.74 Å². The van der Waals surface area contributed by atoms with Gasteiger partial charge in [0.2, 0.25) is 0 Å². The Kier molecular flexibility index (Phi) is 7.44. The summed E-state index contributed by atoms with van der Waals surface area (Å²) in [5.41, 5.74) is 7.94. The van der Waals surface area contributed by atoms with Crippen molar-refractivity contribution in [1.29, 1.82) is 0 Å². The predicted molar refractivity (Wildman–Crippen MR) is 233 cm³/mol. The van der Waals surface area contributed by atoms with Crippen molar-refractivity contribution >= 4 is 71.4 Å². The molecule has 0 fully saturated rings. The van der Waals surface area contributed by atoms with Gasteiger partial charge in [0.15, 0.2) is 13.9 Å². The minimum Gasteiger partial charge on any atom is -0.483 e. The van der Waals surface area contributed by atoms with Crippen LogP contribution in [0.2, 0.25) is 0 Å². The molecular weight excluding hydrogens is 705 g/mol. The van der Waals surface area contributed by atoms with Crippen LogP contribution in [-0.2, 0) is 6.61 Å². The van der Waals surface area contributed by atoms with Crippen molar-refractivity contribution < 1.29 is 4.74 Å². The van der Waals surface area contributed by atoms with Gasteiger partial charge in [0.25, 0.3) is 0 Å². The maximum atomic E-state index is 6.07. The topological polar surface area (TPSA) is 27.1 Å². The molecule has 55 heavy (non-hydrogen) atoms. The highest BCUT2D eigenvalue weighted by Crippen LogP contribution is 2.40. The zero-order valence-electron chi connectivity index (χ0n) is 29.9. The number of fused-ring (bicyclic) bond motifs is 8. The molecule has 0 aliphatic carbocycles. The zero-order valence-corrected chi connectivity index (χ0v) is 31.7. The molecule has 11 rings (SSSR count). The lowest BCUT2D eigenvalue weighted by atomic mass is 10.0. The number of hydrogen-bond acceptors (Lipinski definition) is 3. The molecule has 1 aliphatic rings. The molecule has 2 aromatic heterocycles. The number of para-hydroxylation sites is 2. The molecule has 0 atom stereocenters. The first-order chi connectivity index (χ1) is 27.3. The molecule has 0 saturated carbocycles. The average Bonchev–Trinajstić information content (AvgIpc) is 3.84. The summed E-state index contributed by atoms with van der Waals surface area (Å²) in [7, 11) is -2.86. The molecule has 0 bridgehead atoms. The van der Waals surface area contributed by atoms with Gasteiger partial charge in [-0.3, -0.25) is 4.57 Å². The summed E-state index contributed by atoms with van der Waals surface area (Å²) in [4.78, 5) is 5.07. The number of nitrogens with zero attached hydrogens (tertiary/aromatic N) is 2. The monoisotopic (exact) mass is 738 g/mol. The van der Waals surface area contributed by atoms with Crippen LogP contribution in [0.25, 0.3) is 59.1 Å². The van der Waals surface area contributed by atoms with Crippen molar-refractivity contribution in [2.45, 2.75) is 6.61 Å². The first-order valence-corrected chi connectivity index (χ1v) is 21.5. The molecule has 0 saturated heterocycles. The molecule has 8 aromatic carbocycles. The van der Waals surface area contributed by atoms with E-state index in [0.717, 1.165) is 33.9 Å². The van der Waals surface area contributed by atoms with Crippen LogP contribution in [0.1, 0.15) is 5.82 Å². The third-order valence-corrected chi connectivity index (χ3v) is 17.2. The van der Waals surface area contributed by atoms with E-state index in [1.165, 1.54) is 57.6 Å². The smallest absolute Gasteiger partial charge is 0.179 e. The second-order valence-electron chi connectivity index (χ2n) is 14.2. The van der Waals surface area contributed by atoms with Gasteiger partial charge in [0, 0.05) is 20.2 Å². The minimum atomic E-state index is -2.86. The highest BCUT2D eigenvalue weighted by atomic mass is 32.1. The molecular formula is C50H34N2OSSi.